The standard InChI is InChI=1S/C21H23Cl2FN2OS/c22-16-4-6-17(7-5-16)28-13-10-25-21(27)15-8-11-26(12-9-15)14-18-19(23)2-1-3-20(18)24/h1-7,15H,8-14H2,(H,25,27). The number of carbonyl (C=O) groups is 1. The summed E-state index contributed by atoms with van der Waals surface area (Å²) in [5, 5.41) is 4.21. The summed E-state index contributed by atoms with van der Waals surface area (Å²) in [6.07, 6.45) is 1.56. The van der Waals surface area contributed by atoms with Gasteiger partial charge in [0.2, 0.25) is 5.91 Å². The quantitative estimate of drug-likeness (QED) is 0.471. The molecule has 1 aliphatic heterocycles. The Kier molecular flexibility index (Phi) is 8.03. The van der Waals surface area contributed by atoms with Crippen molar-refractivity contribution in [1.29, 1.82) is 0 Å². The molecule has 1 aliphatic rings. The lowest BCUT2D eigenvalue weighted by Gasteiger charge is -2.31. The summed E-state index contributed by atoms with van der Waals surface area (Å²) in [4.78, 5) is 15.7. The van der Waals surface area contributed by atoms with Crippen molar-refractivity contribution in [3.05, 3.63) is 63.9 Å². The van der Waals surface area contributed by atoms with Gasteiger partial charge in [-0.3, -0.25) is 9.69 Å². The number of benzene rings is 2. The van der Waals surface area contributed by atoms with Crippen LogP contribution in [0, 0.1) is 11.7 Å². The first-order valence-electron chi connectivity index (χ1n) is 9.34. The molecule has 0 aliphatic carbocycles. The zero-order chi connectivity index (χ0) is 19.9. The second-order valence-corrected chi connectivity index (χ2v) is 8.86. The second-order valence-electron chi connectivity index (χ2n) is 6.84. The van der Waals surface area contributed by atoms with E-state index >= 15 is 0 Å². The third kappa shape index (κ3) is 6.11. The minimum atomic E-state index is -0.273. The summed E-state index contributed by atoms with van der Waals surface area (Å²) in [5.41, 5.74) is 0.534. The highest BCUT2D eigenvalue weighted by Crippen LogP contribution is 2.24. The third-order valence-corrected chi connectivity index (χ3v) is 6.51. The maximum absolute atomic E-state index is 13.9. The van der Waals surface area contributed by atoms with Crippen LogP contribution >= 0.6 is 35.0 Å². The number of piperidine rings is 1. The van der Waals surface area contributed by atoms with E-state index in [1.807, 2.05) is 24.3 Å². The summed E-state index contributed by atoms with van der Waals surface area (Å²) >= 11 is 13.7. The van der Waals surface area contributed by atoms with Crippen molar-refractivity contribution in [3.8, 4) is 0 Å². The fraction of sp³-hybridized carbons (Fsp3) is 0.381. The summed E-state index contributed by atoms with van der Waals surface area (Å²) < 4.78 is 13.9. The molecule has 0 aromatic heterocycles. The van der Waals surface area contributed by atoms with Crippen LogP contribution in [0.1, 0.15) is 18.4 Å². The van der Waals surface area contributed by atoms with Crippen molar-refractivity contribution in [3.63, 3.8) is 0 Å². The number of halogens is 3. The number of rotatable bonds is 7. The van der Waals surface area contributed by atoms with Gasteiger partial charge in [0.15, 0.2) is 0 Å². The molecule has 3 rings (SSSR count). The largest absolute Gasteiger partial charge is 0.355 e. The van der Waals surface area contributed by atoms with Crippen molar-refractivity contribution >= 4 is 40.9 Å². The van der Waals surface area contributed by atoms with E-state index < -0.39 is 0 Å². The molecule has 0 bridgehead atoms. The fourth-order valence-corrected chi connectivity index (χ4v) is 4.40. The van der Waals surface area contributed by atoms with E-state index in [1.54, 1.807) is 23.9 Å². The summed E-state index contributed by atoms with van der Waals surface area (Å²) in [5.74, 6) is 0.677. The van der Waals surface area contributed by atoms with E-state index in [1.165, 1.54) is 6.07 Å². The molecule has 1 N–H and O–H groups in total. The smallest absolute Gasteiger partial charge is 0.223 e. The molecule has 28 heavy (non-hydrogen) atoms. The highest BCUT2D eigenvalue weighted by molar-refractivity contribution is 7.99. The minimum absolute atomic E-state index is 0.0212. The molecule has 2 aromatic carbocycles. The van der Waals surface area contributed by atoms with Gasteiger partial charge < -0.3 is 5.32 Å². The van der Waals surface area contributed by atoms with Crippen molar-refractivity contribution in [1.82, 2.24) is 10.2 Å². The monoisotopic (exact) mass is 440 g/mol. The first-order chi connectivity index (χ1) is 13.5. The lowest BCUT2D eigenvalue weighted by molar-refractivity contribution is -0.126. The Balaban J connectivity index is 1.37. The zero-order valence-corrected chi connectivity index (χ0v) is 17.8. The Hall–Kier alpha value is -1.27. The molecule has 1 fully saturated rings. The van der Waals surface area contributed by atoms with Crippen LogP contribution < -0.4 is 5.32 Å². The number of hydrogen-bond acceptors (Lipinski definition) is 3. The van der Waals surface area contributed by atoms with Crippen LogP contribution in [0.3, 0.4) is 0 Å². The first-order valence-corrected chi connectivity index (χ1v) is 11.1. The Labute approximate surface area is 179 Å². The van der Waals surface area contributed by atoms with Gasteiger partial charge in [-0.15, -0.1) is 11.8 Å². The maximum Gasteiger partial charge on any atom is 0.223 e. The average molecular weight is 441 g/mol. The zero-order valence-electron chi connectivity index (χ0n) is 15.5. The molecule has 150 valence electrons. The van der Waals surface area contributed by atoms with Gasteiger partial charge in [-0.2, -0.15) is 0 Å². The molecule has 7 heteroatoms. The van der Waals surface area contributed by atoms with Gasteiger partial charge >= 0.3 is 0 Å². The van der Waals surface area contributed by atoms with Gasteiger partial charge in [0.1, 0.15) is 5.82 Å². The summed E-state index contributed by atoms with van der Waals surface area (Å²) in [6.45, 7) is 2.65. The molecule has 1 saturated heterocycles. The third-order valence-electron chi connectivity index (χ3n) is 4.89. The van der Waals surface area contributed by atoms with Crippen molar-refractivity contribution in [2.24, 2.45) is 5.92 Å². The van der Waals surface area contributed by atoms with Crippen LogP contribution in [0.4, 0.5) is 4.39 Å². The lowest BCUT2D eigenvalue weighted by atomic mass is 9.95. The molecule has 0 spiro atoms. The molecular formula is C21H23Cl2FN2OS. The van der Waals surface area contributed by atoms with Gasteiger partial charge in [-0.1, -0.05) is 29.3 Å². The minimum Gasteiger partial charge on any atom is -0.355 e. The molecule has 1 heterocycles. The van der Waals surface area contributed by atoms with Gasteiger partial charge in [-0.05, 0) is 62.3 Å². The highest BCUT2D eigenvalue weighted by Gasteiger charge is 2.25. The number of likely N-dealkylation sites (tertiary alicyclic amines) is 1. The van der Waals surface area contributed by atoms with Gasteiger partial charge in [0.05, 0.1) is 0 Å². The summed E-state index contributed by atoms with van der Waals surface area (Å²) in [7, 11) is 0. The number of amides is 1. The van der Waals surface area contributed by atoms with E-state index in [2.05, 4.69) is 10.2 Å². The van der Waals surface area contributed by atoms with Gasteiger partial charge in [-0.25, -0.2) is 4.39 Å². The Bertz CT molecular complexity index is 775. The van der Waals surface area contributed by atoms with Crippen molar-refractivity contribution < 1.29 is 9.18 Å². The van der Waals surface area contributed by atoms with E-state index in [-0.39, 0.29) is 17.6 Å². The van der Waals surface area contributed by atoms with Crippen LogP contribution in [-0.2, 0) is 11.3 Å². The number of nitrogens with zero attached hydrogens (tertiary/aromatic N) is 1. The molecule has 0 unspecified atom stereocenters. The van der Waals surface area contributed by atoms with Gasteiger partial charge in [0, 0.05) is 45.3 Å². The molecule has 0 radical (unpaired) electrons. The number of hydrogen-bond donors (Lipinski definition) is 1. The van der Waals surface area contributed by atoms with Crippen LogP contribution in [0.2, 0.25) is 10.0 Å². The number of thioether (sulfide) groups is 1. The van der Waals surface area contributed by atoms with Crippen LogP contribution in [0.5, 0.6) is 0 Å². The number of carbonyl (C=O) groups excluding carboxylic acids is 1. The topological polar surface area (TPSA) is 32.3 Å². The molecule has 0 saturated carbocycles. The maximum atomic E-state index is 13.9. The second kappa shape index (κ2) is 10.5. The predicted molar refractivity (Wildman–Crippen MR) is 115 cm³/mol. The predicted octanol–water partition coefficient (Wildman–Crippen LogP) is 5.25. The Morgan fingerprint density at radius 2 is 1.86 bits per heavy atom. The first kappa shape index (κ1) is 21.4. The van der Waals surface area contributed by atoms with E-state index in [4.69, 9.17) is 23.2 Å². The molecule has 0 atom stereocenters. The van der Waals surface area contributed by atoms with Gasteiger partial charge in [0.25, 0.3) is 0 Å². The molecule has 2 aromatic rings. The normalized spacial score (nSPS) is 15.5. The number of nitrogens with one attached hydrogen (secondary N) is 1. The van der Waals surface area contributed by atoms with Crippen LogP contribution in [0.15, 0.2) is 47.4 Å². The molecular weight excluding hydrogens is 418 g/mol. The average Bonchev–Trinajstić information content (AvgIpc) is 2.70. The fourth-order valence-electron chi connectivity index (χ4n) is 3.28. The molecule has 3 nitrogen and oxygen atoms in total. The van der Waals surface area contributed by atoms with Crippen LogP contribution in [0.25, 0.3) is 0 Å². The Morgan fingerprint density at radius 3 is 2.54 bits per heavy atom. The lowest BCUT2D eigenvalue weighted by Crippen LogP contribution is -2.40. The Morgan fingerprint density at radius 1 is 1.14 bits per heavy atom. The van der Waals surface area contributed by atoms with E-state index in [9.17, 15) is 9.18 Å². The van der Waals surface area contributed by atoms with Crippen molar-refractivity contribution in [2.45, 2.75) is 24.3 Å². The van der Waals surface area contributed by atoms with E-state index in [0.717, 1.165) is 41.6 Å². The summed E-state index contributed by atoms with van der Waals surface area (Å²) in [6, 6.07) is 12.4. The SMILES string of the molecule is O=C(NCCSc1ccc(Cl)cc1)C1CCN(Cc2c(F)cccc2Cl)CC1. The van der Waals surface area contributed by atoms with Crippen LogP contribution in [-0.4, -0.2) is 36.2 Å². The van der Waals surface area contributed by atoms with Crippen molar-refractivity contribution in [2.75, 3.05) is 25.4 Å². The highest BCUT2D eigenvalue weighted by atomic mass is 35.5. The van der Waals surface area contributed by atoms with E-state index in [0.29, 0.717) is 23.7 Å². The molecule has 1 amide bonds.